The summed E-state index contributed by atoms with van der Waals surface area (Å²) in [5.74, 6) is -2.19. The molecule has 1 aromatic carbocycles. The van der Waals surface area contributed by atoms with Crippen LogP contribution < -0.4 is 4.72 Å². The summed E-state index contributed by atoms with van der Waals surface area (Å²) < 4.78 is 38.9. The predicted octanol–water partition coefficient (Wildman–Crippen LogP) is 1.72. The second-order valence-electron chi connectivity index (χ2n) is 3.76. The molecule has 0 radical (unpaired) electrons. The first-order chi connectivity index (χ1) is 9.40. The summed E-state index contributed by atoms with van der Waals surface area (Å²) in [7, 11) is -4.03. The third-order valence-corrected chi connectivity index (χ3v) is 3.75. The first-order valence-corrected chi connectivity index (χ1v) is 6.85. The first-order valence-electron chi connectivity index (χ1n) is 5.37. The third kappa shape index (κ3) is 2.91. The van der Waals surface area contributed by atoms with E-state index in [2.05, 4.69) is 9.71 Å². The lowest BCUT2D eigenvalue weighted by molar-refractivity contribution is 0.0697. The predicted molar refractivity (Wildman–Crippen MR) is 68.4 cm³/mol. The summed E-state index contributed by atoms with van der Waals surface area (Å²) in [5.41, 5.74) is -0.279. The van der Waals surface area contributed by atoms with Gasteiger partial charge in [0.15, 0.2) is 5.82 Å². The normalized spacial score (nSPS) is 11.1. The highest BCUT2D eigenvalue weighted by Gasteiger charge is 2.19. The molecule has 0 fully saturated rings. The molecule has 0 aliphatic rings. The van der Waals surface area contributed by atoms with Gasteiger partial charge in [-0.05, 0) is 36.4 Å². The molecule has 0 spiro atoms. The van der Waals surface area contributed by atoms with E-state index >= 15 is 0 Å². The number of aromatic carboxylic acids is 1. The van der Waals surface area contributed by atoms with Gasteiger partial charge in [-0.3, -0.25) is 4.72 Å². The maximum Gasteiger partial charge on any atom is 0.339 e. The van der Waals surface area contributed by atoms with E-state index < -0.39 is 21.8 Å². The third-order valence-electron chi connectivity index (χ3n) is 2.39. The molecule has 0 bridgehead atoms. The largest absolute Gasteiger partial charge is 0.478 e. The quantitative estimate of drug-likeness (QED) is 0.895. The Bertz CT molecular complexity index is 744. The molecule has 0 unspecified atom stereocenters. The average molecular weight is 296 g/mol. The van der Waals surface area contributed by atoms with E-state index in [0.29, 0.717) is 0 Å². The minimum Gasteiger partial charge on any atom is -0.478 e. The molecule has 8 heteroatoms. The summed E-state index contributed by atoms with van der Waals surface area (Å²) in [6.45, 7) is 0. The van der Waals surface area contributed by atoms with Gasteiger partial charge in [0.1, 0.15) is 11.4 Å². The highest BCUT2D eigenvalue weighted by atomic mass is 32.2. The fourth-order valence-corrected chi connectivity index (χ4v) is 2.49. The molecule has 0 aliphatic carbocycles. The monoisotopic (exact) mass is 296 g/mol. The molecule has 2 aromatic rings. The molecule has 1 aromatic heterocycles. The zero-order chi connectivity index (χ0) is 14.8. The number of nitrogens with zero attached hydrogens (tertiary/aromatic N) is 1. The van der Waals surface area contributed by atoms with Gasteiger partial charge in [-0.2, -0.15) is 0 Å². The lowest BCUT2D eigenvalue weighted by Crippen LogP contribution is -2.16. The molecule has 1 heterocycles. The summed E-state index contributed by atoms with van der Waals surface area (Å²) in [4.78, 5) is 14.5. The van der Waals surface area contributed by atoms with Gasteiger partial charge < -0.3 is 5.11 Å². The molecular formula is C12H9FN2O4S. The molecule has 0 atom stereocenters. The first kappa shape index (κ1) is 13.9. The number of pyridine rings is 1. The van der Waals surface area contributed by atoms with E-state index in [9.17, 15) is 17.6 Å². The van der Waals surface area contributed by atoms with Crippen molar-refractivity contribution in [1.82, 2.24) is 4.98 Å². The molecular weight excluding hydrogens is 287 g/mol. The Hall–Kier alpha value is -2.48. The number of benzene rings is 1. The van der Waals surface area contributed by atoms with Crippen molar-refractivity contribution < 1.29 is 22.7 Å². The van der Waals surface area contributed by atoms with E-state index in [-0.39, 0.29) is 16.3 Å². The standard InChI is InChI=1S/C12H9FN2O4S/c13-8-3-5-9(6-4-8)20(18,19)15-11-10(12(16)17)2-1-7-14-11/h1-7H,(H,14,15)(H,16,17). The van der Waals surface area contributed by atoms with Crippen LogP contribution in [0, 0.1) is 5.82 Å². The van der Waals surface area contributed by atoms with E-state index in [4.69, 9.17) is 5.11 Å². The minimum atomic E-state index is -4.03. The van der Waals surface area contributed by atoms with Crippen LogP contribution in [0.15, 0.2) is 47.5 Å². The van der Waals surface area contributed by atoms with Gasteiger partial charge in [-0.25, -0.2) is 22.6 Å². The van der Waals surface area contributed by atoms with Crippen molar-refractivity contribution in [2.75, 3.05) is 4.72 Å². The number of anilines is 1. The Morgan fingerprint density at radius 1 is 1.20 bits per heavy atom. The number of aromatic nitrogens is 1. The Labute approximate surface area is 114 Å². The van der Waals surface area contributed by atoms with Gasteiger partial charge in [-0.1, -0.05) is 0 Å². The lowest BCUT2D eigenvalue weighted by atomic mass is 10.3. The maximum absolute atomic E-state index is 12.8. The van der Waals surface area contributed by atoms with Crippen LogP contribution >= 0.6 is 0 Å². The van der Waals surface area contributed by atoms with Crippen LogP contribution in [-0.4, -0.2) is 24.5 Å². The Kier molecular flexibility index (Phi) is 3.66. The maximum atomic E-state index is 12.8. The van der Waals surface area contributed by atoms with Crippen LogP contribution in [0.1, 0.15) is 10.4 Å². The van der Waals surface area contributed by atoms with E-state index in [0.717, 1.165) is 24.3 Å². The van der Waals surface area contributed by atoms with E-state index in [1.807, 2.05) is 0 Å². The van der Waals surface area contributed by atoms with Gasteiger partial charge in [0.2, 0.25) is 0 Å². The number of rotatable bonds is 4. The van der Waals surface area contributed by atoms with Crippen molar-refractivity contribution in [3.63, 3.8) is 0 Å². The van der Waals surface area contributed by atoms with Crippen LogP contribution in [0.2, 0.25) is 0 Å². The van der Waals surface area contributed by atoms with Crippen LogP contribution in [0.25, 0.3) is 0 Å². The molecule has 0 saturated heterocycles. The zero-order valence-electron chi connectivity index (χ0n) is 9.95. The molecule has 104 valence electrons. The van der Waals surface area contributed by atoms with Crippen molar-refractivity contribution in [3.05, 3.63) is 54.0 Å². The van der Waals surface area contributed by atoms with Crippen LogP contribution in [-0.2, 0) is 10.0 Å². The summed E-state index contributed by atoms with van der Waals surface area (Å²) in [6.07, 6.45) is 1.26. The van der Waals surface area contributed by atoms with Gasteiger partial charge in [0.25, 0.3) is 10.0 Å². The Morgan fingerprint density at radius 2 is 1.85 bits per heavy atom. The SMILES string of the molecule is O=C(O)c1cccnc1NS(=O)(=O)c1ccc(F)cc1. The van der Waals surface area contributed by atoms with Crippen LogP contribution in [0.4, 0.5) is 10.2 Å². The van der Waals surface area contributed by atoms with Crippen molar-refractivity contribution in [3.8, 4) is 0 Å². The van der Waals surface area contributed by atoms with Crippen molar-refractivity contribution in [1.29, 1.82) is 0 Å². The summed E-state index contributed by atoms with van der Waals surface area (Å²) >= 11 is 0. The number of carboxylic acids is 1. The van der Waals surface area contributed by atoms with Crippen LogP contribution in [0.5, 0.6) is 0 Å². The van der Waals surface area contributed by atoms with E-state index in [1.165, 1.54) is 18.3 Å². The van der Waals surface area contributed by atoms with Gasteiger partial charge in [0.05, 0.1) is 4.90 Å². The number of nitrogens with one attached hydrogen (secondary N) is 1. The van der Waals surface area contributed by atoms with Crippen molar-refractivity contribution >= 4 is 21.8 Å². The average Bonchev–Trinajstić information content (AvgIpc) is 2.39. The molecule has 6 nitrogen and oxygen atoms in total. The molecule has 20 heavy (non-hydrogen) atoms. The number of carbonyl (C=O) groups is 1. The van der Waals surface area contributed by atoms with E-state index in [1.54, 1.807) is 0 Å². The second-order valence-corrected chi connectivity index (χ2v) is 5.45. The van der Waals surface area contributed by atoms with Gasteiger partial charge in [-0.15, -0.1) is 0 Å². The van der Waals surface area contributed by atoms with Crippen LogP contribution in [0.3, 0.4) is 0 Å². The topological polar surface area (TPSA) is 96.4 Å². The van der Waals surface area contributed by atoms with Crippen molar-refractivity contribution in [2.24, 2.45) is 0 Å². The smallest absolute Gasteiger partial charge is 0.339 e. The Balaban J connectivity index is 2.38. The lowest BCUT2D eigenvalue weighted by Gasteiger charge is -2.09. The number of carboxylic acid groups (broad SMARTS) is 1. The zero-order valence-corrected chi connectivity index (χ0v) is 10.8. The second kappa shape index (κ2) is 5.25. The summed E-state index contributed by atoms with van der Waals surface area (Å²) in [5, 5.41) is 8.95. The molecule has 0 aliphatic heterocycles. The minimum absolute atomic E-state index is 0.194. The van der Waals surface area contributed by atoms with Crippen molar-refractivity contribution in [2.45, 2.75) is 4.90 Å². The van der Waals surface area contributed by atoms with Gasteiger partial charge >= 0.3 is 5.97 Å². The highest BCUT2D eigenvalue weighted by molar-refractivity contribution is 7.92. The number of hydrogen-bond acceptors (Lipinski definition) is 4. The highest BCUT2D eigenvalue weighted by Crippen LogP contribution is 2.18. The Morgan fingerprint density at radius 3 is 2.45 bits per heavy atom. The fraction of sp³-hybridized carbons (Fsp3) is 0. The molecule has 0 saturated carbocycles. The summed E-state index contributed by atoms with van der Waals surface area (Å²) in [6, 6.07) is 6.72. The molecule has 0 amide bonds. The molecule has 2 rings (SSSR count). The van der Waals surface area contributed by atoms with Gasteiger partial charge in [0, 0.05) is 6.20 Å². The number of sulfonamides is 1. The molecule has 2 N–H and O–H groups in total. The number of hydrogen-bond donors (Lipinski definition) is 2. The fourth-order valence-electron chi connectivity index (χ4n) is 1.46. The number of halogens is 1.